The van der Waals surface area contributed by atoms with Gasteiger partial charge in [-0.05, 0) is 71.8 Å². The van der Waals surface area contributed by atoms with Crippen molar-refractivity contribution >= 4 is 76.5 Å². The van der Waals surface area contributed by atoms with Gasteiger partial charge >= 0.3 is 35.9 Å². The lowest BCUT2D eigenvalue weighted by atomic mass is 10.1. The topological polar surface area (TPSA) is 227 Å². The first-order valence-corrected chi connectivity index (χ1v) is 20.3. The zero-order chi connectivity index (χ0) is 41.0. The molecule has 3 atom stereocenters. The van der Waals surface area contributed by atoms with E-state index in [0.29, 0.717) is 43.9 Å². The number of esters is 4. The lowest BCUT2D eigenvalue weighted by molar-refractivity contribution is -0.145. The van der Waals surface area contributed by atoms with Gasteiger partial charge in [0, 0.05) is 36.9 Å². The number of alkyl halides is 3. The number of likely N-dealkylation sites (N-methyl/N-ethyl adjacent to an activating group) is 1. The van der Waals surface area contributed by atoms with Gasteiger partial charge in [0.25, 0.3) is 0 Å². The summed E-state index contributed by atoms with van der Waals surface area (Å²) >= 11 is 16.6. The van der Waals surface area contributed by atoms with Crippen LogP contribution in [0.2, 0.25) is 0 Å². The van der Waals surface area contributed by atoms with Gasteiger partial charge in [0.2, 0.25) is 0 Å². The molecule has 15 nitrogen and oxygen atoms in total. The number of carboxylic acids is 1. The van der Waals surface area contributed by atoms with Crippen molar-refractivity contribution in [1.29, 1.82) is 0 Å². The van der Waals surface area contributed by atoms with Crippen molar-refractivity contribution < 1.29 is 57.6 Å². The molecule has 18 heteroatoms. The van der Waals surface area contributed by atoms with E-state index in [2.05, 4.69) is 15.4 Å². The van der Waals surface area contributed by atoms with Gasteiger partial charge in [-0.15, -0.1) is 34.8 Å². The average Bonchev–Trinajstić information content (AvgIpc) is 3.47. The highest BCUT2D eigenvalue weighted by Gasteiger charge is 2.32. The summed E-state index contributed by atoms with van der Waals surface area (Å²) in [6.07, 6.45) is 12.1. The van der Waals surface area contributed by atoms with Gasteiger partial charge in [-0.1, -0.05) is 38.5 Å². The van der Waals surface area contributed by atoms with Gasteiger partial charge in [0.1, 0.15) is 17.9 Å². The van der Waals surface area contributed by atoms with Gasteiger partial charge in [0.15, 0.2) is 0 Å². The zero-order valence-corrected chi connectivity index (χ0v) is 34.1. The number of carbonyl (C=O) groups excluding carboxylic acids is 6. The number of alkyl carbamates (subject to hydrolysis) is 1. The van der Waals surface area contributed by atoms with Crippen LogP contribution in [0.15, 0.2) is 0 Å². The molecule has 1 rings (SSSR count). The number of aliphatic carboxylic acids is 1. The van der Waals surface area contributed by atoms with Crippen LogP contribution >= 0.6 is 34.8 Å². The fourth-order valence-electron chi connectivity index (χ4n) is 4.48. The summed E-state index contributed by atoms with van der Waals surface area (Å²) < 4.78 is 19.3. The number of carbonyl (C=O) groups is 7. The van der Waals surface area contributed by atoms with Gasteiger partial charge in [-0.25, -0.2) is 9.59 Å². The molecule has 0 unspecified atom stereocenters. The summed E-state index contributed by atoms with van der Waals surface area (Å²) in [5.41, 5.74) is 5.25. The second-order valence-corrected chi connectivity index (χ2v) is 13.5. The highest BCUT2D eigenvalue weighted by atomic mass is 35.5. The molecule has 1 saturated heterocycles. The van der Waals surface area contributed by atoms with Gasteiger partial charge in [-0.2, -0.15) is 0 Å². The highest BCUT2D eigenvalue weighted by Crippen LogP contribution is 2.09. The Kier molecular flexibility index (Phi) is 36.8. The normalized spacial score (nSPS) is 14.2. The number of ether oxygens (including phenoxy) is 4. The lowest BCUT2D eigenvalue weighted by Crippen LogP contribution is -2.32. The number of hydrogen-bond donors (Lipinski definition) is 4. The van der Waals surface area contributed by atoms with Crippen LogP contribution in [0.1, 0.15) is 122 Å². The zero-order valence-electron chi connectivity index (χ0n) is 31.9. The maximum absolute atomic E-state index is 11.4. The lowest BCUT2D eigenvalue weighted by Gasteiger charge is -2.11. The molecular formula is C36H62Cl3N3O12. The molecule has 0 saturated carbocycles. The van der Waals surface area contributed by atoms with E-state index in [-0.39, 0.29) is 61.8 Å². The number of rotatable bonds is 30. The standard InChI is InChI=1S/C13H24ClNO3.C12H18ClNO5.C11H20ClNO4/c1-11(16)12(15-2)7-8-13(17)18-10-6-4-3-5-9-14;13-7-3-1-2-4-8-18-10(15)6-5-9-11(16)19-12(17)14-9;12-7-3-1-2-4-8-17-10(14)6-5-9(13)11(15)16/h12,15H,3-10H2,1-2H3;9H,1-8H2,(H,14,17);9H,1-8,13H2,(H,15,16)/t12-;2*9-/m000/s1. The predicted octanol–water partition coefficient (Wildman–Crippen LogP) is 5.55. The van der Waals surface area contributed by atoms with Gasteiger partial charge < -0.3 is 40.4 Å². The Balaban J connectivity index is 0. The molecule has 0 bridgehead atoms. The van der Waals surface area contributed by atoms with Gasteiger partial charge in [0.05, 0.1) is 25.9 Å². The smallest absolute Gasteiger partial charge is 0.415 e. The summed E-state index contributed by atoms with van der Waals surface area (Å²) in [7, 11) is 1.72. The minimum Gasteiger partial charge on any atom is -0.480 e. The molecule has 5 N–H and O–H groups in total. The molecule has 0 aromatic rings. The first kappa shape index (κ1) is 53.4. The van der Waals surface area contributed by atoms with Crippen LogP contribution in [-0.2, 0) is 47.7 Å². The highest BCUT2D eigenvalue weighted by molar-refractivity contribution is 6.18. The van der Waals surface area contributed by atoms with E-state index in [1.54, 1.807) is 7.05 Å². The molecule has 0 aliphatic carbocycles. The molecule has 0 aromatic carbocycles. The molecule has 0 radical (unpaired) electrons. The summed E-state index contributed by atoms with van der Waals surface area (Å²) in [6.45, 7) is 2.74. The molecule has 0 spiro atoms. The first-order valence-electron chi connectivity index (χ1n) is 18.7. The summed E-state index contributed by atoms with van der Waals surface area (Å²) in [5.74, 6) is -0.671. The van der Waals surface area contributed by atoms with E-state index in [1.807, 2.05) is 0 Å². The average molecular weight is 835 g/mol. The maximum Gasteiger partial charge on any atom is 0.415 e. The van der Waals surface area contributed by atoms with E-state index in [4.69, 9.17) is 59.9 Å². The third-order valence-corrected chi connectivity index (χ3v) is 8.53. The SMILES string of the molecule is CN[C@@H](CCC(=O)OCCCCCCCl)C(C)=O.N[C@@H](CCC(=O)OCCCCCCCl)C(=O)O.O=C(CC[C@@H]1NC(=O)OC1=O)OCCCCCCCl. The van der Waals surface area contributed by atoms with E-state index in [1.165, 1.54) is 6.92 Å². The fourth-order valence-corrected chi connectivity index (χ4v) is 5.05. The van der Waals surface area contributed by atoms with Crippen LogP contribution in [-0.4, -0.2) is 109 Å². The maximum atomic E-state index is 11.4. The molecule has 0 aromatic heterocycles. The third-order valence-electron chi connectivity index (χ3n) is 7.73. The molecule has 1 aliphatic heterocycles. The van der Waals surface area contributed by atoms with E-state index in [9.17, 15) is 33.6 Å². The largest absolute Gasteiger partial charge is 0.480 e. The van der Waals surface area contributed by atoms with Crippen molar-refractivity contribution in [2.75, 3.05) is 44.5 Å². The molecule has 1 heterocycles. The second kappa shape index (κ2) is 37.2. The van der Waals surface area contributed by atoms with Crippen LogP contribution in [0, 0.1) is 0 Å². The molecule has 1 aliphatic rings. The van der Waals surface area contributed by atoms with E-state index >= 15 is 0 Å². The van der Waals surface area contributed by atoms with Crippen molar-refractivity contribution in [1.82, 2.24) is 10.6 Å². The van der Waals surface area contributed by atoms with Crippen LogP contribution in [0.25, 0.3) is 0 Å². The summed E-state index contributed by atoms with van der Waals surface area (Å²) in [4.78, 5) is 77.3. The number of nitrogens with one attached hydrogen (secondary N) is 2. The number of hydrogen-bond acceptors (Lipinski definition) is 13. The van der Waals surface area contributed by atoms with Crippen molar-refractivity contribution in [3.63, 3.8) is 0 Å². The number of amides is 1. The minimum absolute atomic E-state index is 0.0476. The van der Waals surface area contributed by atoms with Crippen LogP contribution in [0.3, 0.4) is 0 Å². The van der Waals surface area contributed by atoms with Crippen LogP contribution in [0.5, 0.6) is 0 Å². The Morgan fingerprint density at radius 1 is 0.722 bits per heavy atom. The quantitative estimate of drug-likeness (QED) is 0.0229. The van der Waals surface area contributed by atoms with E-state index < -0.39 is 30.1 Å². The third kappa shape index (κ3) is 33.8. The molecule has 314 valence electrons. The summed E-state index contributed by atoms with van der Waals surface area (Å²) in [6, 6.07) is -1.98. The predicted molar refractivity (Wildman–Crippen MR) is 206 cm³/mol. The number of halogens is 3. The molecule has 1 fully saturated rings. The number of nitrogens with two attached hydrogens (primary N) is 1. The first-order chi connectivity index (χ1) is 25.8. The van der Waals surface area contributed by atoms with E-state index in [0.717, 1.165) is 77.0 Å². The number of carboxylic acid groups (broad SMARTS) is 1. The Labute approximate surface area is 334 Å². The Hall–Kier alpha value is -2.72. The fraction of sp³-hybridized carbons (Fsp3) is 0.806. The Morgan fingerprint density at radius 3 is 1.48 bits per heavy atom. The van der Waals surface area contributed by atoms with Crippen LogP contribution < -0.4 is 16.4 Å². The van der Waals surface area contributed by atoms with Crippen molar-refractivity contribution in [3.8, 4) is 0 Å². The van der Waals surface area contributed by atoms with Gasteiger partial charge in [-0.3, -0.25) is 24.0 Å². The number of unbranched alkanes of at least 4 members (excludes halogenated alkanes) is 9. The van der Waals surface area contributed by atoms with Crippen molar-refractivity contribution in [3.05, 3.63) is 0 Å². The molecule has 54 heavy (non-hydrogen) atoms. The minimum atomic E-state index is -1.10. The molecular weight excluding hydrogens is 773 g/mol. The number of ketones is 1. The Bertz CT molecular complexity index is 1070. The number of Topliss-reactive ketones (excluding diaryl/α,β-unsaturated/α-hetero) is 1. The van der Waals surface area contributed by atoms with Crippen molar-refractivity contribution in [2.45, 2.75) is 141 Å². The monoisotopic (exact) mass is 833 g/mol. The number of cyclic esters (lactones) is 2. The second-order valence-electron chi connectivity index (χ2n) is 12.4. The van der Waals surface area contributed by atoms with Crippen LogP contribution in [0.4, 0.5) is 4.79 Å². The van der Waals surface area contributed by atoms with Crippen molar-refractivity contribution in [2.24, 2.45) is 5.73 Å². The summed E-state index contributed by atoms with van der Waals surface area (Å²) in [5, 5.41) is 13.7. The Morgan fingerprint density at radius 2 is 1.13 bits per heavy atom. The molecule has 1 amide bonds.